The van der Waals surface area contributed by atoms with Crippen molar-refractivity contribution in [2.24, 2.45) is 0 Å². The lowest BCUT2D eigenvalue weighted by Gasteiger charge is -2.05. The number of amides is 1. The van der Waals surface area contributed by atoms with Gasteiger partial charge in [0.05, 0.1) is 12.0 Å². The van der Waals surface area contributed by atoms with Gasteiger partial charge in [0, 0.05) is 11.9 Å². The fourth-order valence-electron chi connectivity index (χ4n) is 2.48. The number of nitrogens with one attached hydrogen (secondary N) is 1. The maximum atomic E-state index is 12.9. The molecule has 0 saturated heterocycles. The van der Waals surface area contributed by atoms with E-state index in [2.05, 4.69) is 25.7 Å². The average molecular weight is 352 g/mol. The molecule has 8 nitrogen and oxygen atoms in total. The molecule has 3 heterocycles. The largest absolute Gasteiger partial charge is 0.334 e. The highest BCUT2D eigenvalue weighted by Gasteiger charge is 2.14. The third-order valence-corrected chi connectivity index (χ3v) is 3.69. The number of carbonyl (C=O) groups is 1. The molecule has 1 aromatic carbocycles. The van der Waals surface area contributed by atoms with E-state index >= 15 is 0 Å². The quantitative estimate of drug-likeness (QED) is 0.606. The smallest absolute Gasteiger partial charge is 0.259 e. The minimum atomic E-state index is -0.366. The molecule has 4 rings (SSSR count). The second-order valence-electron chi connectivity index (χ2n) is 5.64. The van der Waals surface area contributed by atoms with Crippen LogP contribution in [0.1, 0.15) is 11.6 Å². The fourth-order valence-corrected chi connectivity index (χ4v) is 2.48. The summed E-state index contributed by atoms with van der Waals surface area (Å²) in [5, 5.41) is 14.6. The molecule has 0 aliphatic carbocycles. The van der Waals surface area contributed by atoms with E-state index in [4.69, 9.17) is 4.52 Å². The van der Waals surface area contributed by atoms with Gasteiger partial charge in [-0.25, -0.2) is 4.39 Å². The molecular formula is C17H13FN6O2. The van der Waals surface area contributed by atoms with E-state index in [1.165, 1.54) is 24.3 Å². The molecule has 0 radical (unpaired) electrons. The maximum Gasteiger partial charge on any atom is 0.259 e. The van der Waals surface area contributed by atoms with Gasteiger partial charge in [-0.05, 0) is 43.3 Å². The first-order valence-electron chi connectivity index (χ1n) is 7.78. The second kappa shape index (κ2) is 6.36. The molecule has 9 heteroatoms. The predicted octanol–water partition coefficient (Wildman–Crippen LogP) is 2.41. The van der Waals surface area contributed by atoms with Gasteiger partial charge >= 0.3 is 0 Å². The van der Waals surface area contributed by atoms with Gasteiger partial charge in [0.2, 0.25) is 5.91 Å². The Balaban J connectivity index is 1.58. The fraction of sp³-hybridized carbons (Fsp3) is 0.118. The van der Waals surface area contributed by atoms with Crippen molar-refractivity contribution >= 4 is 17.2 Å². The van der Waals surface area contributed by atoms with Crippen LogP contribution in [0.15, 0.2) is 47.1 Å². The van der Waals surface area contributed by atoms with Gasteiger partial charge in [-0.2, -0.15) is 4.98 Å². The highest BCUT2D eigenvalue weighted by molar-refractivity contribution is 5.91. The summed E-state index contributed by atoms with van der Waals surface area (Å²) in [5.74, 6) is 0.709. The van der Waals surface area contributed by atoms with Gasteiger partial charge in [0.1, 0.15) is 11.6 Å². The lowest BCUT2D eigenvalue weighted by Crippen LogP contribution is -2.16. The van der Waals surface area contributed by atoms with Crippen LogP contribution in [0.4, 0.5) is 10.1 Å². The third kappa shape index (κ3) is 3.14. The summed E-state index contributed by atoms with van der Waals surface area (Å²) in [6.07, 6.45) is 1.74. The monoisotopic (exact) mass is 352 g/mol. The molecule has 3 aromatic heterocycles. The van der Waals surface area contributed by atoms with Gasteiger partial charge in [-0.15, -0.1) is 10.2 Å². The van der Waals surface area contributed by atoms with E-state index in [1.54, 1.807) is 29.7 Å². The molecular weight excluding hydrogens is 339 g/mol. The Morgan fingerprint density at radius 1 is 1.19 bits per heavy atom. The van der Waals surface area contributed by atoms with Crippen LogP contribution in [0.5, 0.6) is 0 Å². The Kier molecular flexibility index (Phi) is 3.88. The number of nitrogens with zero attached hydrogens (tertiary/aromatic N) is 5. The number of carbonyl (C=O) groups excluding carboxylic acids is 1. The number of hydrogen-bond donors (Lipinski definition) is 1. The van der Waals surface area contributed by atoms with Crippen molar-refractivity contribution in [2.75, 3.05) is 5.32 Å². The molecule has 0 spiro atoms. The van der Waals surface area contributed by atoms with E-state index in [0.717, 1.165) is 0 Å². The minimum absolute atomic E-state index is 0.00482. The highest BCUT2D eigenvalue weighted by Crippen LogP contribution is 2.18. The van der Waals surface area contributed by atoms with Crippen LogP contribution in [-0.4, -0.2) is 30.6 Å². The van der Waals surface area contributed by atoms with Gasteiger partial charge in [-0.1, -0.05) is 5.16 Å². The van der Waals surface area contributed by atoms with Crippen molar-refractivity contribution in [1.82, 2.24) is 24.7 Å². The van der Waals surface area contributed by atoms with Crippen LogP contribution in [-0.2, 0) is 11.2 Å². The summed E-state index contributed by atoms with van der Waals surface area (Å²) < 4.78 is 19.8. The molecule has 0 aliphatic rings. The van der Waals surface area contributed by atoms with E-state index in [0.29, 0.717) is 34.4 Å². The van der Waals surface area contributed by atoms with Crippen molar-refractivity contribution in [1.29, 1.82) is 0 Å². The molecule has 0 bridgehead atoms. The molecule has 0 fully saturated rings. The average Bonchev–Trinajstić information content (AvgIpc) is 3.23. The Hall–Kier alpha value is -3.62. The Morgan fingerprint density at radius 3 is 2.73 bits per heavy atom. The molecule has 26 heavy (non-hydrogen) atoms. The lowest BCUT2D eigenvalue weighted by molar-refractivity contribution is -0.115. The Morgan fingerprint density at radius 2 is 2.00 bits per heavy atom. The number of halogens is 1. The minimum Gasteiger partial charge on any atom is -0.334 e. The zero-order valence-corrected chi connectivity index (χ0v) is 13.7. The van der Waals surface area contributed by atoms with Crippen LogP contribution in [0.3, 0.4) is 0 Å². The van der Waals surface area contributed by atoms with Crippen LogP contribution < -0.4 is 5.32 Å². The Bertz CT molecular complexity index is 1090. The molecule has 0 atom stereocenters. The molecule has 0 saturated carbocycles. The normalized spacial score (nSPS) is 11.0. The number of pyridine rings is 1. The van der Waals surface area contributed by atoms with Crippen LogP contribution >= 0.6 is 0 Å². The van der Waals surface area contributed by atoms with Gasteiger partial charge in [-0.3, -0.25) is 9.20 Å². The predicted molar refractivity (Wildman–Crippen MR) is 89.7 cm³/mol. The molecule has 130 valence electrons. The number of rotatable bonds is 4. The number of anilines is 1. The first-order valence-corrected chi connectivity index (χ1v) is 7.78. The van der Waals surface area contributed by atoms with E-state index in [9.17, 15) is 9.18 Å². The standard InChI is InChI=1S/C17H13FN6O2/c1-10-19-17(26-23-10)11-2-7-14-21-22-15(24(14)9-11)8-16(25)20-13-5-3-12(18)4-6-13/h2-7,9H,8H2,1H3,(H,20,25). The zero-order chi connectivity index (χ0) is 18.1. The summed E-state index contributed by atoms with van der Waals surface area (Å²) in [6.45, 7) is 1.73. The van der Waals surface area contributed by atoms with Crippen molar-refractivity contribution in [3.63, 3.8) is 0 Å². The van der Waals surface area contributed by atoms with Gasteiger partial charge in [0.25, 0.3) is 5.89 Å². The number of fused-ring (bicyclic) bond motifs is 1. The first-order chi connectivity index (χ1) is 12.6. The number of benzene rings is 1. The van der Waals surface area contributed by atoms with E-state index in [-0.39, 0.29) is 18.1 Å². The summed E-state index contributed by atoms with van der Waals surface area (Å²) in [4.78, 5) is 16.4. The Labute approximate surface area is 146 Å². The SMILES string of the molecule is Cc1noc(-c2ccc3nnc(CC(=O)Nc4ccc(F)cc4)n3c2)n1. The molecule has 0 unspecified atom stereocenters. The summed E-state index contributed by atoms with van der Waals surface area (Å²) >= 11 is 0. The summed E-state index contributed by atoms with van der Waals surface area (Å²) in [5.41, 5.74) is 1.79. The number of aromatic nitrogens is 5. The lowest BCUT2D eigenvalue weighted by atomic mass is 10.2. The first kappa shape index (κ1) is 15.9. The second-order valence-corrected chi connectivity index (χ2v) is 5.64. The third-order valence-electron chi connectivity index (χ3n) is 3.69. The van der Waals surface area contributed by atoms with Gasteiger partial charge in [0.15, 0.2) is 11.5 Å². The van der Waals surface area contributed by atoms with Crippen molar-refractivity contribution in [2.45, 2.75) is 13.3 Å². The maximum absolute atomic E-state index is 12.9. The number of aryl methyl sites for hydroxylation is 1. The number of hydrogen-bond acceptors (Lipinski definition) is 6. The van der Waals surface area contributed by atoms with Gasteiger partial charge < -0.3 is 9.84 Å². The summed E-state index contributed by atoms with van der Waals surface area (Å²) in [7, 11) is 0. The summed E-state index contributed by atoms with van der Waals surface area (Å²) in [6, 6.07) is 9.08. The van der Waals surface area contributed by atoms with Crippen molar-refractivity contribution in [3.8, 4) is 11.5 Å². The van der Waals surface area contributed by atoms with Crippen LogP contribution in [0.2, 0.25) is 0 Å². The zero-order valence-electron chi connectivity index (χ0n) is 13.7. The van der Waals surface area contributed by atoms with Crippen molar-refractivity contribution in [3.05, 3.63) is 60.1 Å². The highest BCUT2D eigenvalue weighted by atomic mass is 19.1. The van der Waals surface area contributed by atoms with E-state index in [1.807, 2.05) is 0 Å². The molecule has 4 aromatic rings. The van der Waals surface area contributed by atoms with Crippen LogP contribution in [0.25, 0.3) is 17.1 Å². The van der Waals surface area contributed by atoms with Crippen molar-refractivity contribution < 1.29 is 13.7 Å². The van der Waals surface area contributed by atoms with Crippen LogP contribution in [0, 0.1) is 12.7 Å². The molecule has 0 aliphatic heterocycles. The molecule has 1 amide bonds. The topological polar surface area (TPSA) is 98.2 Å². The molecule has 1 N–H and O–H groups in total. The van der Waals surface area contributed by atoms with E-state index < -0.39 is 0 Å².